The molecule has 198 valence electrons. The van der Waals surface area contributed by atoms with E-state index in [9.17, 15) is 13.2 Å². The highest BCUT2D eigenvalue weighted by atomic mass is 32.2. The van der Waals surface area contributed by atoms with Gasteiger partial charge in [-0.3, -0.25) is 19.1 Å². The van der Waals surface area contributed by atoms with Crippen LogP contribution in [0.25, 0.3) is 16.9 Å². The number of fused-ring (bicyclic) bond motifs is 1. The SMILES string of the molecule is CC(Nc1c(-c2ccc(S(C)(=O)=O)cc2)nc2cnccn12)C(=O)N1CCN(C(C)c2ccccc2)CC1. The monoisotopic (exact) mass is 532 g/mol. The van der Waals surface area contributed by atoms with Crippen LogP contribution in [0.1, 0.15) is 25.5 Å². The molecular formula is C28H32N6O3S. The normalized spacial score (nSPS) is 16.3. The second-order valence-corrected chi connectivity index (χ2v) is 11.7. The van der Waals surface area contributed by atoms with Gasteiger partial charge in [-0.2, -0.15) is 0 Å². The molecule has 9 nitrogen and oxygen atoms in total. The number of carbonyl (C=O) groups is 1. The molecule has 2 aromatic carbocycles. The number of sulfone groups is 1. The molecule has 10 heteroatoms. The Hall–Kier alpha value is -3.76. The van der Waals surface area contributed by atoms with E-state index in [4.69, 9.17) is 4.98 Å². The molecule has 1 fully saturated rings. The van der Waals surface area contributed by atoms with Crippen LogP contribution < -0.4 is 5.32 Å². The first-order valence-corrected chi connectivity index (χ1v) is 14.6. The van der Waals surface area contributed by atoms with E-state index in [-0.39, 0.29) is 10.8 Å². The maximum Gasteiger partial charge on any atom is 0.244 e. The van der Waals surface area contributed by atoms with Crippen LogP contribution in [0.4, 0.5) is 5.82 Å². The number of benzene rings is 2. The molecule has 1 amide bonds. The van der Waals surface area contributed by atoms with Gasteiger partial charge in [0.15, 0.2) is 15.5 Å². The molecule has 0 aliphatic carbocycles. The average molecular weight is 533 g/mol. The molecule has 1 aliphatic rings. The highest BCUT2D eigenvalue weighted by Gasteiger charge is 2.28. The van der Waals surface area contributed by atoms with E-state index in [0.717, 1.165) is 18.7 Å². The average Bonchev–Trinajstić information content (AvgIpc) is 3.30. The maximum atomic E-state index is 13.4. The van der Waals surface area contributed by atoms with Gasteiger partial charge in [0.2, 0.25) is 5.91 Å². The van der Waals surface area contributed by atoms with Crippen LogP contribution in [0.2, 0.25) is 0 Å². The zero-order valence-electron chi connectivity index (χ0n) is 21.8. The first kappa shape index (κ1) is 25.9. The van der Waals surface area contributed by atoms with E-state index in [1.807, 2.05) is 22.3 Å². The number of amides is 1. The number of nitrogens with zero attached hydrogens (tertiary/aromatic N) is 5. The van der Waals surface area contributed by atoms with Crippen LogP contribution in [0.15, 0.2) is 78.1 Å². The third kappa shape index (κ3) is 5.27. The topological polar surface area (TPSA) is 99.9 Å². The van der Waals surface area contributed by atoms with Gasteiger partial charge in [-0.1, -0.05) is 42.5 Å². The third-order valence-electron chi connectivity index (χ3n) is 7.17. The van der Waals surface area contributed by atoms with Gasteiger partial charge < -0.3 is 10.2 Å². The van der Waals surface area contributed by atoms with Crippen molar-refractivity contribution < 1.29 is 13.2 Å². The molecule has 5 rings (SSSR count). The summed E-state index contributed by atoms with van der Waals surface area (Å²) in [6, 6.07) is 16.8. The van der Waals surface area contributed by atoms with Crippen LogP contribution in [0, 0.1) is 0 Å². The molecule has 0 spiro atoms. The molecule has 1 N–H and O–H groups in total. The highest BCUT2D eigenvalue weighted by molar-refractivity contribution is 7.90. The third-order valence-corrected chi connectivity index (χ3v) is 8.29. The van der Waals surface area contributed by atoms with Gasteiger partial charge in [0.25, 0.3) is 0 Å². The Labute approximate surface area is 223 Å². The number of nitrogens with one attached hydrogen (secondary N) is 1. The van der Waals surface area contributed by atoms with Crippen LogP contribution in [0.3, 0.4) is 0 Å². The van der Waals surface area contributed by atoms with Crippen molar-refractivity contribution in [3.05, 3.63) is 78.8 Å². The van der Waals surface area contributed by atoms with Gasteiger partial charge in [-0.25, -0.2) is 13.4 Å². The van der Waals surface area contributed by atoms with Gasteiger partial charge in [0, 0.05) is 56.4 Å². The summed E-state index contributed by atoms with van der Waals surface area (Å²) in [6.45, 7) is 7.03. The first-order valence-electron chi connectivity index (χ1n) is 12.7. The van der Waals surface area contributed by atoms with Crippen molar-refractivity contribution in [2.24, 2.45) is 0 Å². The summed E-state index contributed by atoms with van der Waals surface area (Å²) >= 11 is 0. The molecule has 4 aromatic rings. The summed E-state index contributed by atoms with van der Waals surface area (Å²) in [5.74, 6) is 0.686. The fourth-order valence-electron chi connectivity index (χ4n) is 4.92. The highest BCUT2D eigenvalue weighted by Crippen LogP contribution is 2.30. The van der Waals surface area contributed by atoms with Crippen LogP contribution >= 0.6 is 0 Å². The minimum Gasteiger partial charge on any atom is -0.358 e. The van der Waals surface area contributed by atoms with Crippen molar-refractivity contribution in [3.63, 3.8) is 0 Å². The minimum atomic E-state index is -3.31. The Bertz CT molecular complexity index is 1530. The number of anilines is 1. The fourth-order valence-corrected chi connectivity index (χ4v) is 5.55. The molecule has 2 aromatic heterocycles. The lowest BCUT2D eigenvalue weighted by Gasteiger charge is -2.39. The van der Waals surface area contributed by atoms with Crippen molar-refractivity contribution in [3.8, 4) is 11.3 Å². The van der Waals surface area contributed by atoms with E-state index in [1.54, 1.807) is 42.9 Å². The van der Waals surface area contributed by atoms with Gasteiger partial charge in [-0.15, -0.1) is 0 Å². The molecule has 2 atom stereocenters. The maximum absolute atomic E-state index is 13.4. The Morgan fingerprint density at radius 1 is 0.974 bits per heavy atom. The predicted molar refractivity (Wildman–Crippen MR) is 148 cm³/mol. The zero-order valence-corrected chi connectivity index (χ0v) is 22.6. The molecule has 1 saturated heterocycles. The standard InChI is InChI=1S/C28H32N6O3S/c1-20(28(35)33-17-15-32(16-18-33)21(2)22-7-5-4-6-8-22)30-27-26(31-25-19-29-13-14-34(25)27)23-9-11-24(12-10-23)38(3,36)37/h4-14,19-21,30H,15-18H2,1-3H3. The minimum absolute atomic E-state index is 0.0272. The largest absolute Gasteiger partial charge is 0.358 e. The van der Waals surface area contributed by atoms with Crippen LogP contribution in [-0.4, -0.2) is 77.0 Å². The van der Waals surface area contributed by atoms with Gasteiger partial charge in [0.05, 0.1) is 11.1 Å². The number of piperazine rings is 1. The van der Waals surface area contributed by atoms with Crippen molar-refractivity contribution in [2.45, 2.75) is 30.8 Å². The predicted octanol–water partition coefficient (Wildman–Crippen LogP) is 3.51. The summed E-state index contributed by atoms with van der Waals surface area (Å²) in [7, 11) is -3.31. The molecule has 2 unspecified atom stereocenters. The van der Waals surface area contributed by atoms with Crippen molar-refractivity contribution in [2.75, 3.05) is 37.8 Å². The van der Waals surface area contributed by atoms with Gasteiger partial charge in [0.1, 0.15) is 17.6 Å². The number of hydrogen-bond acceptors (Lipinski definition) is 7. The first-order chi connectivity index (χ1) is 18.2. The molecule has 1 aliphatic heterocycles. The van der Waals surface area contributed by atoms with Crippen LogP contribution in [-0.2, 0) is 14.6 Å². The summed E-state index contributed by atoms with van der Waals surface area (Å²) in [6.07, 6.45) is 6.29. The Morgan fingerprint density at radius 2 is 1.66 bits per heavy atom. The van der Waals surface area contributed by atoms with E-state index in [0.29, 0.717) is 36.3 Å². The van der Waals surface area contributed by atoms with Gasteiger partial charge >= 0.3 is 0 Å². The van der Waals surface area contributed by atoms with Gasteiger partial charge in [-0.05, 0) is 31.5 Å². The molecule has 3 heterocycles. The Kier molecular flexibility index (Phi) is 7.18. The van der Waals surface area contributed by atoms with Crippen molar-refractivity contribution in [1.29, 1.82) is 0 Å². The fraction of sp³-hybridized carbons (Fsp3) is 0.321. The van der Waals surface area contributed by atoms with E-state index >= 15 is 0 Å². The Morgan fingerprint density at radius 3 is 2.32 bits per heavy atom. The quantitative estimate of drug-likeness (QED) is 0.389. The van der Waals surface area contributed by atoms with E-state index in [1.165, 1.54) is 11.8 Å². The summed E-state index contributed by atoms with van der Waals surface area (Å²) in [5, 5.41) is 3.38. The second-order valence-electron chi connectivity index (χ2n) is 9.72. The lowest BCUT2D eigenvalue weighted by Crippen LogP contribution is -2.52. The summed E-state index contributed by atoms with van der Waals surface area (Å²) < 4.78 is 25.7. The molecule has 38 heavy (non-hydrogen) atoms. The van der Waals surface area contributed by atoms with E-state index < -0.39 is 15.9 Å². The number of imidazole rings is 1. The van der Waals surface area contributed by atoms with Crippen molar-refractivity contribution >= 4 is 27.2 Å². The summed E-state index contributed by atoms with van der Waals surface area (Å²) in [4.78, 5) is 26.9. The smallest absolute Gasteiger partial charge is 0.244 e. The molecule has 0 radical (unpaired) electrons. The molecule has 0 saturated carbocycles. The lowest BCUT2D eigenvalue weighted by atomic mass is 10.1. The van der Waals surface area contributed by atoms with Crippen LogP contribution in [0.5, 0.6) is 0 Å². The molecule has 0 bridgehead atoms. The second kappa shape index (κ2) is 10.5. The Balaban J connectivity index is 1.32. The lowest BCUT2D eigenvalue weighted by molar-refractivity contribution is -0.133. The molecular weight excluding hydrogens is 500 g/mol. The van der Waals surface area contributed by atoms with E-state index in [2.05, 4.69) is 46.4 Å². The number of aromatic nitrogens is 3. The zero-order chi connectivity index (χ0) is 26.9. The number of rotatable bonds is 7. The summed E-state index contributed by atoms with van der Waals surface area (Å²) in [5.41, 5.74) is 3.27. The number of hydrogen-bond donors (Lipinski definition) is 1. The van der Waals surface area contributed by atoms with Crippen molar-refractivity contribution in [1.82, 2.24) is 24.2 Å². The number of carbonyl (C=O) groups excluding carboxylic acids is 1.